The average Bonchev–Trinajstić information content (AvgIpc) is 2.69. The first-order valence-corrected chi connectivity index (χ1v) is 10.0. The van der Waals surface area contributed by atoms with Crippen LogP contribution in [-0.4, -0.2) is 23.7 Å². The summed E-state index contributed by atoms with van der Waals surface area (Å²) in [4.78, 5) is 12.4. The summed E-state index contributed by atoms with van der Waals surface area (Å²) in [5.41, 5.74) is 1.27. The van der Waals surface area contributed by atoms with Gasteiger partial charge >= 0.3 is 0 Å². The normalized spacial score (nSPS) is 11.4. The minimum absolute atomic E-state index is 0.0926. The molecule has 5 nitrogen and oxygen atoms in total. The van der Waals surface area contributed by atoms with Crippen molar-refractivity contribution in [3.63, 3.8) is 0 Å². The molecule has 0 saturated heterocycles. The second kappa shape index (κ2) is 11.3. The van der Waals surface area contributed by atoms with Crippen LogP contribution >= 0.6 is 12.2 Å². The number of unbranched alkanes of at least 4 members (excludes halogenated alkanes) is 1. The largest absolute Gasteiger partial charge is 0.494 e. The number of amides is 1. The Balaban J connectivity index is 1.88. The predicted molar refractivity (Wildman–Crippen MR) is 117 cm³/mol. The third-order valence-corrected chi connectivity index (χ3v) is 4.32. The van der Waals surface area contributed by atoms with Crippen molar-refractivity contribution in [1.29, 1.82) is 0 Å². The smallest absolute Gasteiger partial charge is 0.257 e. The molecule has 0 aliphatic rings. The maximum absolute atomic E-state index is 12.4. The molecule has 2 aromatic carbocycles. The van der Waals surface area contributed by atoms with Crippen LogP contribution in [0.1, 0.15) is 50.4 Å². The van der Waals surface area contributed by atoms with E-state index in [9.17, 15) is 4.79 Å². The summed E-state index contributed by atoms with van der Waals surface area (Å²) in [6, 6.07) is 14.5. The fourth-order valence-corrected chi connectivity index (χ4v) is 2.54. The Labute approximate surface area is 172 Å². The third kappa shape index (κ3) is 7.19. The van der Waals surface area contributed by atoms with Crippen LogP contribution < -0.4 is 20.1 Å². The zero-order valence-corrected chi connectivity index (χ0v) is 17.5. The molecule has 28 heavy (non-hydrogen) atoms. The monoisotopic (exact) mass is 400 g/mol. The number of anilines is 1. The lowest BCUT2D eigenvalue weighted by molar-refractivity contribution is 0.0977. The zero-order chi connectivity index (χ0) is 20.4. The standard InChI is InChI=1S/C22H28N2O3S/c1-4-6-14-26-19-12-10-18(11-13-19)23-22(28)24-21(25)17-8-7-9-20(15-17)27-16(3)5-2/h7-13,15-16H,4-6,14H2,1-3H3,(H2,23,24,25,28). The number of nitrogens with one attached hydrogen (secondary N) is 2. The molecule has 1 atom stereocenters. The molecule has 0 saturated carbocycles. The second-order valence-corrected chi connectivity index (χ2v) is 6.91. The lowest BCUT2D eigenvalue weighted by atomic mass is 10.2. The number of ether oxygens (including phenoxy) is 2. The van der Waals surface area contributed by atoms with Crippen LogP contribution in [0.2, 0.25) is 0 Å². The third-order valence-electron chi connectivity index (χ3n) is 4.11. The summed E-state index contributed by atoms with van der Waals surface area (Å²) < 4.78 is 11.4. The zero-order valence-electron chi connectivity index (χ0n) is 16.7. The van der Waals surface area contributed by atoms with Crippen molar-refractivity contribution in [2.24, 2.45) is 0 Å². The number of carbonyl (C=O) groups is 1. The van der Waals surface area contributed by atoms with E-state index in [1.807, 2.05) is 37.3 Å². The minimum Gasteiger partial charge on any atom is -0.494 e. The summed E-state index contributed by atoms with van der Waals surface area (Å²) >= 11 is 5.25. The van der Waals surface area contributed by atoms with Gasteiger partial charge in [-0.3, -0.25) is 10.1 Å². The molecule has 0 radical (unpaired) electrons. The molecular weight excluding hydrogens is 372 g/mol. The number of hydrogen-bond donors (Lipinski definition) is 2. The van der Waals surface area contributed by atoms with E-state index < -0.39 is 0 Å². The molecule has 1 amide bonds. The summed E-state index contributed by atoms with van der Waals surface area (Å²) in [6.45, 7) is 6.87. The van der Waals surface area contributed by atoms with Crippen LogP contribution in [0.5, 0.6) is 11.5 Å². The minimum atomic E-state index is -0.286. The Morgan fingerprint density at radius 2 is 1.86 bits per heavy atom. The highest BCUT2D eigenvalue weighted by Gasteiger charge is 2.10. The molecule has 1 unspecified atom stereocenters. The fraction of sp³-hybridized carbons (Fsp3) is 0.364. The van der Waals surface area contributed by atoms with Gasteiger partial charge in [0.25, 0.3) is 5.91 Å². The van der Waals surface area contributed by atoms with Gasteiger partial charge in [-0.15, -0.1) is 0 Å². The van der Waals surface area contributed by atoms with Crippen LogP contribution in [0.4, 0.5) is 5.69 Å². The van der Waals surface area contributed by atoms with Crippen molar-refractivity contribution in [3.8, 4) is 11.5 Å². The van der Waals surface area contributed by atoms with Gasteiger partial charge in [0.05, 0.1) is 12.7 Å². The van der Waals surface area contributed by atoms with E-state index in [0.717, 1.165) is 30.7 Å². The first-order chi connectivity index (χ1) is 13.5. The van der Waals surface area contributed by atoms with Gasteiger partial charge in [-0.25, -0.2) is 0 Å². The molecule has 0 heterocycles. The Kier molecular flexibility index (Phi) is 8.75. The molecule has 2 N–H and O–H groups in total. The van der Waals surface area contributed by atoms with Crippen LogP contribution in [0.3, 0.4) is 0 Å². The van der Waals surface area contributed by atoms with Gasteiger partial charge in [-0.2, -0.15) is 0 Å². The van der Waals surface area contributed by atoms with Crippen LogP contribution in [0.15, 0.2) is 48.5 Å². The molecule has 2 aromatic rings. The topological polar surface area (TPSA) is 59.6 Å². The van der Waals surface area contributed by atoms with Gasteiger partial charge in [0.1, 0.15) is 11.5 Å². The van der Waals surface area contributed by atoms with Crippen molar-refractivity contribution in [2.75, 3.05) is 11.9 Å². The van der Waals surface area contributed by atoms with Crippen molar-refractivity contribution in [2.45, 2.75) is 46.1 Å². The van der Waals surface area contributed by atoms with Gasteiger partial charge in [-0.1, -0.05) is 26.3 Å². The molecule has 6 heteroatoms. The summed E-state index contributed by atoms with van der Waals surface area (Å²) in [7, 11) is 0. The lowest BCUT2D eigenvalue weighted by Crippen LogP contribution is -2.34. The highest BCUT2D eigenvalue weighted by molar-refractivity contribution is 7.80. The summed E-state index contributed by atoms with van der Waals surface area (Å²) in [6.07, 6.45) is 3.11. The first kappa shape index (κ1) is 21.7. The van der Waals surface area contributed by atoms with Gasteiger partial charge in [0.2, 0.25) is 0 Å². The fourth-order valence-electron chi connectivity index (χ4n) is 2.33. The molecule has 0 spiro atoms. The van der Waals surface area contributed by atoms with Crippen molar-refractivity contribution in [3.05, 3.63) is 54.1 Å². The molecule has 0 aliphatic heterocycles. The number of carbonyl (C=O) groups excluding carboxylic acids is 1. The molecule has 0 bridgehead atoms. The first-order valence-electron chi connectivity index (χ1n) is 9.63. The number of rotatable bonds is 9. The van der Waals surface area contributed by atoms with Gasteiger partial charge in [-0.05, 0) is 74.4 Å². The molecule has 150 valence electrons. The SMILES string of the molecule is CCCCOc1ccc(NC(=S)NC(=O)c2cccc(OC(C)CC)c2)cc1. The molecular formula is C22H28N2O3S. The molecule has 2 rings (SSSR count). The Morgan fingerprint density at radius 3 is 2.54 bits per heavy atom. The van der Waals surface area contributed by atoms with Gasteiger partial charge < -0.3 is 14.8 Å². The summed E-state index contributed by atoms with van der Waals surface area (Å²) in [5.74, 6) is 1.19. The van der Waals surface area contributed by atoms with E-state index in [0.29, 0.717) is 17.9 Å². The van der Waals surface area contributed by atoms with Crippen molar-refractivity contribution in [1.82, 2.24) is 5.32 Å². The highest BCUT2D eigenvalue weighted by atomic mass is 32.1. The van der Waals surface area contributed by atoms with Crippen molar-refractivity contribution < 1.29 is 14.3 Å². The van der Waals surface area contributed by atoms with E-state index >= 15 is 0 Å². The van der Waals surface area contributed by atoms with E-state index in [4.69, 9.17) is 21.7 Å². The highest BCUT2D eigenvalue weighted by Crippen LogP contribution is 2.17. The van der Waals surface area contributed by atoms with E-state index in [1.165, 1.54) is 0 Å². The van der Waals surface area contributed by atoms with E-state index in [-0.39, 0.29) is 17.1 Å². The maximum Gasteiger partial charge on any atom is 0.257 e. The van der Waals surface area contributed by atoms with Crippen LogP contribution in [0.25, 0.3) is 0 Å². The lowest BCUT2D eigenvalue weighted by Gasteiger charge is -2.14. The van der Waals surface area contributed by atoms with Gasteiger partial charge in [0, 0.05) is 11.3 Å². The number of thiocarbonyl (C=S) groups is 1. The second-order valence-electron chi connectivity index (χ2n) is 6.50. The van der Waals surface area contributed by atoms with E-state index in [1.54, 1.807) is 18.2 Å². The number of hydrogen-bond acceptors (Lipinski definition) is 4. The predicted octanol–water partition coefficient (Wildman–Crippen LogP) is 5.17. The maximum atomic E-state index is 12.4. The Hall–Kier alpha value is -2.60. The quantitative estimate of drug-likeness (QED) is 0.449. The van der Waals surface area contributed by atoms with Crippen molar-refractivity contribution >= 4 is 28.9 Å². The summed E-state index contributed by atoms with van der Waals surface area (Å²) in [5, 5.41) is 5.93. The Morgan fingerprint density at radius 1 is 1.11 bits per heavy atom. The molecule has 0 fully saturated rings. The van der Waals surface area contributed by atoms with Crippen LogP contribution in [0, 0.1) is 0 Å². The van der Waals surface area contributed by atoms with Crippen LogP contribution in [-0.2, 0) is 0 Å². The van der Waals surface area contributed by atoms with Gasteiger partial charge in [0.15, 0.2) is 5.11 Å². The molecule has 0 aliphatic carbocycles. The molecule has 0 aromatic heterocycles. The van der Waals surface area contributed by atoms with E-state index in [2.05, 4.69) is 24.5 Å². The average molecular weight is 401 g/mol. The Bertz CT molecular complexity index is 778. The number of benzene rings is 2.